The normalized spacial score (nSPS) is 39.0. The molecule has 82 valence electrons. The smallest absolute Gasteiger partial charge is 0.0218 e. The lowest BCUT2D eigenvalue weighted by Crippen LogP contribution is -2.41. The third-order valence-electron chi connectivity index (χ3n) is 3.86. The summed E-state index contributed by atoms with van der Waals surface area (Å²) in [6, 6.07) is 0. The zero-order valence-electron chi connectivity index (χ0n) is 10.3. The van der Waals surface area contributed by atoms with Crippen LogP contribution in [0.15, 0.2) is 0 Å². The van der Waals surface area contributed by atoms with Gasteiger partial charge in [0.25, 0.3) is 0 Å². The summed E-state index contributed by atoms with van der Waals surface area (Å²) in [6.07, 6.45) is 5.73. The summed E-state index contributed by atoms with van der Waals surface area (Å²) < 4.78 is 0. The molecule has 0 unspecified atom stereocenters. The second-order valence-electron chi connectivity index (χ2n) is 6.82. The molecule has 0 bridgehead atoms. The van der Waals surface area contributed by atoms with Crippen LogP contribution in [0.2, 0.25) is 0 Å². The van der Waals surface area contributed by atoms with E-state index in [1.54, 1.807) is 0 Å². The Kier molecular flexibility index (Phi) is 2.42. The maximum atomic E-state index is 2.78. The molecule has 0 aromatic carbocycles. The Balaban J connectivity index is 2.12. The molecule has 2 atom stereocenters. The SMILES string of the molecule is C[C@@H]1CN2CCC[C@@]2(CC(C)(C)C)C1. The van der Waals surface area contributed by atoms with Gasteiger partial charge in [-0.25, -0.2) is 0 Å². The van der Waals surface area contributed by atoms with Gasteiger partial charge in [0.05, 0.1) is 0 Å². The monoisotopic (exact) mass is 195 g/mol. The predicted molar refractivity (Wildman–Crippen MR) is 61.4 cm³/mol. The molecule has 0 spiro atoms. The highest BCUT2D eigenvalue weighted by Crippen LogP contribution is 2.47. The van der Waals surface area contributed by atoms with Crippen LogP contribution in [0.3, 0.4) is 0 Å². The van der Waals surface area contributed by atoms with Crippen LogP contribution in [0.25, 0.3) is 0 Å². The molecule has 2 aliphatic heterocycles. The summed E-state index contributed by atoms with van der Waals surface area (Å²) in [5.41, 5.74) is 1.09. The maximum Gasteiger partial charge on any atom is 0.0218 e. The van der Waals surface area contributed by atoms with Crippen LogP contribution in [0, 0.1) is 11.3 Å². The van der Waals surface area contributed by atoms with Crippen molar-refractivity contribution in [2.45, 2.75) is 58.9 Å². The summed E-state index contributed by atoms with van der Waals surface area (Å²) in [5, 5.41) is 0. The molecule has 1 heteroatoms. The standard InChI is InChI=1S/C13H25N/c1-11-8-13(10-12(2,3)4)6-5-7-14(13)9-11/h11H,5-10H2,1-4H3/t11-,13-/m0/s1. The second-order valence-corrected chi connectivity index (χ2v) is 6.82. The largest absolute Gasteiger partial charge is 0.297 e. The molecule has 2 saturated heterocycles. The van der Waals surface area contributed by atoms with E-state index in [1.807, 2.05) is 0 Å². The van der Waals surface area contributed by atoms with Crippen molar-refractivity contribution < 1.29 is 0 Å². The number of fused-ring (bicyclic) bond motifs is 1. The molecule has 2 fully saturated rings. The van der Waals surface area contributed by atoms with E-state index in [4.69, 9.17) is 0 Å². The predicted octanol–water partition coefficient (Wildman–Crippen LogP) is 3.30. The molecule has 1 nitrogen and oxygen atoms in total. The minimum atomic E-state index is 0.493. The number of hydrogen-bond donors (Lipinski definition) is 0. The first-order valence-corrected chi connectivity index (χ1v) is 6.16. The zero-order chi connectivity index (χ0) is 10.4. The average molecular weight is 195 g/mol. The van der Waals surface area contributed by atoms with Gasteiger partial charge in [0.15, 0.2) is 0 Å². The summed E-state index contributed by atoms with van der Waals surface area (Å²) in [6.45, 7) is 12.3. The Morgan fingerprint density at radius 3 is 2.71 bits per heavy atom. The average Bonchev–Trinajstić information content (AvgIpc) is 2.38. The fourth-order valence-corrected chi connectivity index (χ4v) is 3.86. The van der Waals surface area contributed by atoms with E-state index in [2.05, 4.69) is 32.6 Å². The van der Waals surface area contributed by atoms with E-state index in [0.717, 1.165) is 5.92 Å². The van der Waals surface area contributed by atoms with Crippen LogP contribution in [0.5, 0.6) is 0 Å². The molecular formula is C13H25N. The van der Waals surface area contributed by atoms with Crippen molar-refractivity contribution in [3.63, 3.8) is 0 Å². The van der Waals surface area contributed by atoms with Gasteiger partial charge in [-0.1, -0.05) is 27.7 Å². The van der Waals surface area contributed by atoms with Gasteiger partial charge < -0.3 is 0 Å². The lowest BCUT2D eigenvalue weighted by atomic mass is 9.76. The number of nitrogens with zero attached hydrogens (tertiary/aromatic N) is 1. The number of hydrogen-bond acceptors (Lipinski definition) is 1. The first-order chi connectivity index (χ1) is 6.41. The van der Waals surface area contributed by atoms with Crippen LogP contribution < -0.4 is 0 Å². The van der Waals surface area contributed by atoms with E-state index in [1.165, 1.54) is 38.8 Å². The van der Waals surface area contributed by atoms with Crippen molar-refractivity contribution in [2.24, 2.45) is 11.3 Å². The summed E-state index contributed by atoms with van der Waals surface area (Å²) in [5.74, 6) is 0.928. The highest BCUT2D eigenvalue weighted by molar-refractivity contribution is 5.03. The Bertz CT molecular complexity index is 216. The Labute approximate surface area is 88.9 Å². The summed E-state index contributed by atoms with van der Waals surface area (Å²) >= 11 is 0. The van der Waals surface area contributed by atoms with E-state index < -0.39 is 0 Å². The van der Waals surface area contributed by atoms with Crippen molar-refractivity contribution in [2.75, 3.05) is 13.1 Å². The molecule has 0 aromatic heterocycles. The molecular weight excluding hydrogens is 170 g/mol. The van der Waals surface area contributed by atoms with Crippen LogP contribution in [0.1, 0.15) is 53.4 Å². The molecule has 2 heterocycles. The molecule has 0 aliphatic carbocycles. The lowest BCUT2D eigenvalue weighted by Gasteiger charge is -2.37. The van der Waals surface area contributed by atoms with Gasteiger partial charge in [-0.05, 0) is 43.6 Å². The van der Waals surface area contributed by atoms with Crippen molar-refractivity contribution in [3.05, 3.63) is 0 Å². The maximum absolute atomic E-state index is 2.78. The van der Waals surface area contributed by atoms with Crippen LogP contribution in [0.4, 0.5) is 0 Å². The molecule has 0 amide bonds. The Hall–Kier alpha value is -0.0400. The molecule has 0 saturated carbocycles. The van der Waals surface area contributed by atoms with Crippen LogP contribution in [-0.4, -0.2) is 23.5 Å². The minimum absolute atomic E-state index is 0.493. The van der Waals surface area contributed by atoms with E-state index in [-0.39, 0.29) is 0 Å². The van der Waals surface area contributed by atoms with Crippen molar-refractivity contribution >= 4 is 0 Å². The van der Waals surface area contributed by atoms with Gasteiger partial charge >= 0.3 is 0 Å². The molecule has 2 aliphatic rings. The molecule has 0 aromatic rings. The van der Waals surface area contributed by atoms with Crippen molar-refractivity contribution in [3.8, 4) is 0 Å². The van der Waals surface area contributed by atoms with Gasteiger partial charge in [-0.15, -0.1) is 0 Å². The number of rotatable bonds is 1. The fraction of sp³-hybridized carbons (Fsp3) is 1.00. The topological polar surface area (TPSA) is 3.24 Å². The van der Waals surface area contributed by atoms with E-state index in [9.17, 15) is 0 Å². The van der Waals surface area contributed by atoms with Gasteiger partial charge in [0.1, 0.15) is 0 Å². The van der Waals surface area contributed by atoms with Gasteiger partial charge in [0, 0.05) is 12.1 Å². The highest BCUT2D eigenvalue weighted by atomic mass is 15.2. The highest BCUT2D eigenvalue weighted by Gasteiger charge is 2.48. The van der Waals surface area contributed by atoms with Gasteiger partial charge in [-0.3, -0.25) is 4.90 Å². The lowest BCUT2D eigenvalue weighted by molar-refractivity contribution is 0.129. The summed E-state index contributed by atoms with van der Waals surface area (Å²) in [7, 11) is 0. The minimum Gasteiger partial charge on any atom is -0.297 e. The molecule has 2 rings (SSSR count). The van der Waals surface area contributed by atoms with Gasteiger partial charge in [-0.2, -0.15) is 0 Å². The van der Waals surface area contributed by atoms with Gasteiger partial charge in [0.2, 0.25) is 0 Å². The third kappa shape index (κ3) is 1.84. The van der Waals surface area contributed by atoms with Crippen molar-refractivity contribution in [1.29, 1.82) is 0 Å². The summed E-state index contributed by atoms with van der Waals surface area (Å²) in [4.78, 5) is 2.78. The van der Waals surface area contributed by atoms with E-state index in [0.29, 0.717) is 11.0 Å². The molecule has 0 N–H and O–H groups in total. The Morgan fingerprint density at radius 1 is 1.36 bits per heavy atom. The van der Waals surface area contributed by atoms with Crippen LogP contribution in [-0.2, 0) is 0 Å². The molecule has 0 radical (unpaired) electrons. The zero-order valence-corrected chi connectivity index (χ0v) is 10.3. The quantitative estimate of drug-likeness (QED) is 0.620. The van der Waals surface area contributed by atoms with E-state index >= 15 is 0 Å². The van der Waals surface area contributed by atoms with Crippen molar-refractivity contribution in [1.82, 2.24) is 4.90 Å². The molecule has 14 heavy (non-hydrogen) atoms. The fourth-order valence-electron chi connectivity index (χ4n) is 3.86. The first-order valence-electron chi connectivity index (χ1n) is 6.16. The Morgan fingerprint density at radius 2 is 2.07 bits per heavy atom. The first kappa shape index (κ1) is 10.5. The third-order valence-corrected chi connectivity index (χ3v) is 3.86. The van der Waals surface area contributed by atoms with Crippen LogP contribution >= 0.6 is 0 Å². The second kappa shape index (κ2) is 3.23.